The van der Waals surface area contributed by atoms with Gasteiger partial charge in [-0.2, -0.15) is 0 Å². The van der Waals surface area contributed by atoms with Crippen LogP contribution in [0.2, 0.25) is 10.0 Å². The molecule has 1 aromatic carbocycles. The molecule has 2 rings (SSSR count). The third-order valence-electron chi connectivity index (χ3n) is 3.54. The van der Waals surface area contributed by atoms with Gasteiger partial charge in [-0.1, -0.05) is 42.1 Å². The van der Waals surface area contributed by atoms with Gasteiger partial charge in [0, 0.05) is 12.0 Å². The van der Waals surface area contributed by atoms with E-state index in [1.165, 1.54) is 12.8 Å². The zero-order valence-corrected chi connectivity index (χ0v) is 11.2. The van der Waals surface area contributed by atoms with Crippen molar-refractivity contribution in [3.8, 4) is 5.75 Å². The largest absolute Gasteiger partial charge is 0.490 e. The van der Waals surface area contributed by atoms with Crippen molar-refractivity contribution in [3.05, 3.63) is 28.2 Å². The van der Waals surface area contributed by atoms with Gasteiger partial charge in [-0.3, -0.25) is 0 Å². The van der Waals surface area contributed by atoms with E-state index in [1.54, 1.807) is 12.1 Å². The fourth-order valence-electron chi connectivity index (χ4n) is 2.38. The fourth-order valence-corrected chi connectivity index (χ4v) is 2.88. The Morgan fingerprint density at radius 3 is 2.29 bits per heavy atom. The van der Waals surface area contributed by atoms with Gasteiger partial charge in [0.15, 0.2) is 5.75 Å². The van der Waals surface area contributed by atoms with Crippen molar-refractivity contribution >= 4 is 23.2 Å². The summed E-state index contributed by atoms with van der Waals surface area (Å²) < 4.78 is 5.80. The van der Waals surface area contributed by atoms with Gasteiger partial charge in [-0.15, -0.1) is 0 Å². The molecule has 17 heavy (non-hydrogen) atoms. The highest BCUT2D eigenvalue weighted by molar-refractivity contribution is 6.37. The quantitative estimate of drug-likeness (QED) is 0.904. The van der Waals surface area contributed by atoms with Gasteiger partial charge in [0.1, 0.15) is 0 Å². The highest BCUT2D eigenvalue weighted by Gasteiger charge is 2.33. The topological polar surface area (TPSA) is 35.2 Å². The molecule has 1 aliphatic rings. The molecular formula is C13H17Cl2NO. The Morgan fingerprint density at radius 2 is 1.76 bits per heavy atom. The first-order chi connectivity index (χ1) is 8.17. The van der Waals surface area contributed by atoms with Gasteiger partial charge in [0.25, 0.3) is 0 Å². The molecule has 1 fully saturated rings. The summed E-state index contributed by atoms with van der Waals surface area (Å²) in [5.74, 6) is 0.579. The number of ether oxygens (including phenoxy) is 1. The van der Waals surface area contributed by atoms with Crippen LogP contribution in [0.3, 0.4) is 0 Å². The zero-order chi connectivity index (χ0) is 12.3. The first-order valence-corrected chi connectivity index (χ1v) is 6.69. The number of benzene rings is 1. The SMILES string of the molecule is NCC1(COc2c(Cl)cccc2Cl)CCCC1. The van der Waals surface area contributed by atoms with E-state index in [0.717, 1.165) is 12.8 Å². The molecule has 1 aromatic rings. The van der Waals surface area contributed by atoms with E-state index < -0.39 is 0 Å². The molecule has 0 amide bonds. The van der Waals surface area contributed by atoms with Gasteiger partial charge in [0.2, 0.25) is 0 Å². The van der Waals surface area contributed by atoms with Crippen molar-refractivity contribution < 1.29 is 4.74 Å². The average molecular weight is 274 g/mol. The van der Waals surface area contributed by atoms with Crippen LogP contribution in [-0.2, 0) is 0 Å². The molecule has 0 aromatic heterocycles. The van der Waals surface area contributed by atoms with E-state index in [1.807, 2.05) is 6.07 Å². The van der Waals surface area contributed by atoms with Gasteiger partial charge in [-0.05, 0) is 25.0 Å². The molecule has 2 nitrogen and oxygen atoms in total. The molecule has 2 N–H and O–H groups in total. The monoisotopic (exact) mass is 273 g/mol. The second kappa shape index (κ2) is 5.47. The summed E-state index contributed by atoms with van der Waals surface area (Å²) in [4.78, 5) is 0. The van der Waals surface area contributed by atoms with E-state index in [0.29, 0.717) is 28.9 Å². The molecule has 0 saturated heterocycles. The summed E-state index contributed by atoms with van der Waals surface area (Å²) >= 11 is 12.1. The summed E-state index contributed by atoms with van der Waals surface area (Å²) in [7, 11) is 0. The Hall–Kier alpha value is -0.440. The molecule has 0 spiro atoms. The lowest BCUT2D eigenvalue weighted by atomic mass is 9.87. The van der Waals surface area contributed by atoms with Gasteiger partial charge in [0.05, 0.1) is 16.7 Å². The van der Waals surface area contributed by atoms with Gasteiger partial charge < -0.3 is 10.5 Å². The van der Waals surface area contributed by atoms with Crippen molar-refractivity contribution in [2.45, 2.75) is 25.7 Å². The minimum atomic E-state index is 0.114. The first kappa shape index (κ1) is 13.0. The lowest BCUT2D eigenvalue weighted by Crippen LogP contribution is -2.33. The third-order valence-corrected chi connectivity index (χ3v) is 4.13. The summed E-state index contributed by atoms with van der Waals surface area (Å²) in [5.41, 5.74) is 5.98. The maximum Gasteiger partial charge on any atom is 0.156 e. The highest BCUT2D eigenvalue weighted by Crippen LogP contribution is 2.39. The van der Waals surface area contributed by atoms with Crippen LogP contribution in [0.4, 0.5) is 0 Å². The van der Waals surface area contributed by atoms with Crippen molar-refractivity contribution in [1.29, 1.82) is 0 Å². The number of nitrogens with two attached hydrogens (primary N) is 1. The molecule has 0 heterocycles. The molecule has 0 radical (unpaired) electrons. The van der Waals surface area contributed by atoms with Crippen molar-refractivity contribution in [2.24, 2.45) is 11.1 Å². The Labute approximate surface area is 112 Å². The Kier molecular flexibility index (Phi) is 4.18. The fraction of sp³-hybridized carbons (Fsp3) is 0.538. The number of rotatable bonds is 4. The minimum Gasteiger partial charge on any atom is -0.490 e. The van der Waals surface area contributed by atoms with Crippen molar-refractivity contribution in [3.63, 3.8) is 0 Å². The van der Waals surface area contributed by atoms with Gasteiger partial charge in [-0.25, -0.2) is 0 Å². The molecule has 1 aliphatic carbocycles. The van der Waals surface area contributed by atoms with Crippen LogP contribution in [0.25, 0.3) is 0 Å². The number of halogens is 2. The van der Waals surface area contributed by atoms with E-state index in [-0.39, 0.29) is 5.41 Å². The summed E-state index contributed by atoms with van der Waals surface area (Å²) in [6.07, 6.45) is 4.73. The van der Waals surface area contributed by atoms with E-state index in [9.17, 15) is 0 Å². The first-order valence-electron chi connectivity index (χ1n) is 5.94. The predicted molar refractivity (Wildman–Crippen MR) is 71.9 cm³/mol. The van der Waals surface area contributed by atoms with Crippen LogP contribution in [0, 0.1) is 5.41 Å². The summed E-state index contributed by atoms with van der Waals surface area (Å²) in [5, 5.41) is 1.12. The van der Waals surface area contributed by atoms with E-state index in [2.05, 4.69) is 0 Å². The van der Waals surface area contributed by atoms with Gasteiger partial charge >= 0.3 is 0 Å². The second-order valence-corrected chi connectivity index (χ2v) is 5.57. The highest BCUT2D eigenvalue weighted by atomic mass is 35.5. The maximum atomic E-state index is 6.06. The molecule has 4 heteroatoms. The standard InChI is InChI=1S/C13H17Cl2NO/c14-10-4-3-5-11(15)12(10)17-9-13(8-16)6-1-2-7-13/h3-5H,1-2,6-9,16H2. The molecule has 0 unspecified atom stereocenters. The Bertz CT molecular complexity index is 369. The van der Waals surface area contributed by atoms with Crippen LogP contribution in [0.15, 0.2) is 18.2 Å². The van der Waals surface area contributed by atoms with Crippen molar-refractivity contribution in [1.82, 2.24) is 0 Å². The van der Waals surface area contributed by atoms with Crippen LogP contribution in [0.1, 0.15) is 25.7 Å². The summed E-state index contributed by atoms with van der Waals surface area (Å²) in [6.45, 7) is 1.27. The van der Waals surface area contributed by atoms with Crippen LogP contribution in [-0.4, -0.2) is 13.2 Å². The normalized spacial score (nSPS) is 18.3. The molecule has 1 saturated carbocycles. The van der Waals surface area contributed by atoms with Crippen LogP contribution >= 0.6 is 23.2 Å². The zero-order valence-electron chi connectivity index (χ0n) is 9.72. The smallest absolute Gasteiger partial charge is 0.156 e. The van der Waals surface area contributed by atoms with Crippen LogP contribution < -0.4 is 10.5 Å². The van der Waals surface area contributed by atoms with Crippen molar-refractivity contribution in [2.75, 3.05) is 13.2 Å². The molecule has 0 bridgehead atoms. The second-order valence-electron chi connectivity index (χ2n) is 4.75. The lowest BCUT2D eigenvalue weighted by Gasteiger charge is -2.27. The Balaban J connectivity index is 2.06. The van der Waals surface area contributed by atoms with Crippen LogP contribution in [0.5, 0.6) is 5.75 Å². The molecule has 94 valence electrons. The maximum absolute atomic E-state index is 6.06. The third kappa shape index (κ3) is 2.87. The minimum absolute atomic E-state index is 0.114. The molecular weight excluding hydrogens is 257 g/mol. The van der Waals surface area contributed by atoms with E-state index in [4.69, 9.17) is 33.7 Å². The molecule has 0 aliphatic heterocycles. The average Bonchev–Trinajstić information content (AvgIpc) is 2.78. The summed E-state index contributed by atoms with van der Waals surface area (Å²) in [6, 6.07) is 5.38. The predicted octanol–water partition coefficient (Wildman–Crippen LogP) is 3.89. The number of para-hydroxylation sites is 1. The number of hydrogen-bond acceptors (Lipinski definition) is 2. The number of hydrogen-bond donors (Lipinski definition) is 1. The molecule has 0 atom stereocenters. The Morgan fingerprint density at radius 1 is 1.18 bits per heavy atom. The lowest BCUT2D eigenvalue weighted by molar-refractivity contribution is 0.157. The van der Waals surface area contributed by atoms with E-state index >= 15 is 0 Å².